The summed E-state index contributed by atoms with van der Waals surface area (Å²) in [6.45, 7) is -0.802. The maximum absolute atomic E-state index is 12.1. The number of carbonyl (C=O) groups is 1. The second-order valence-electron chi connectivity index (χ2n) is 3.44. The normalized spacial score (nSPS) is 10.5. The number of carbonyl (C=O) groups excluding carboxylic acids is 1. The Morgan fingerprint density at radius 3 is 2.78 bits per heavy atom. The van der Waals surface area contributed by atoms with Gasteiger partial charge in [0.1, 0.15) is 5.75 Å². The maximum Gasteiger partial charge on any atom is 0.387 e. The van der Waals surface area contributed by atoms with E-state index in [4.69, 9.17) is 4.74 Å². The predicted octanol–water partition coefficient (Wildman–Crippen LogP) is 3.55. The van der Waals surface area contributed by atoms with E-state index in [-0.39, 0.29) is 18.1 Å². The molecule has 3 nitrogen and oxygen atoms in total. The molecular weight excluding hydrogens is 310 g/mol. The molecule has 100 valence electrons. The van der Waals surface area contributed by atoms with Crippen molar-refractivity contribution in [3.8, 4) is 5.75 Å². The van der Waals surface area contributed by atoms with E-state index in [0.29, 0.717) is 13.0 Å². The van der Waals surface area contributed by atoms with Gasteiger partial charge < -0.3 is 9.47 Å². The molecule has 0 saturated carbocycles. The Balaban J connectivity index is 2.66. The molecule has 18 heavy (non-hydrogen) atoms. The highest BCUT2D eigenvalue weighted by Gasteiger charge is 2.09. The van der Waals surface area contributed by atoms with Gasteiger partial charge in [0.25, 0.3) is 0 Å². The zero-order chi connectivity index (χ0) is 13.5. The van der Waals surface area contributed by atoms with Crippen LogP contribution in [-0.4, -0.2) is 19.2 Å². The third-order valence-corrected chi connectivity index (χ3v) is 2.92. The highest BCUT2D eigenvalue weighted by molar-refractivity contribution is 9.10. The molecule has 0 atom stereocenters. The van der Waals surface area contributed by atoms with Gasteiger partial charge in [-0.2, -0.15) is 8.78 Å². The molecule has 0 aliphatic carbocycles. The molecule has 0 heterocycles. The smallest absolute Gasteiger partial charge is 0.387 e. The summed E-state index contributed by atoms with van der Waals surface area (Å²) in [7, 11) is 0. The van der Waals surface area contributed by atoms with Crippen LogP contribution in [0.5, 0.6) is 5.75 Å². The number of hydrogen-bond acceptors (Lipinski definition) is 3. The van der Waals surface area contributed by atoms with Crippen molar-refractivity contribution in [2.24, 2.45) is 0 Å². The Bertz CT molecular complexity index is 410. The molecule has 6 heteroatoms. The number of esters is 1. The van der Waals surface area contributed by atoms with Crippen LogP contribution in [0.3, 0.4) is 0 Å². The van der Waals surface area contributed by atoms with Crippen LogP contribution in [0.4, 0.5) is 8.78 Å². The summed E-state index contributed by atoms with van der Waals surface area (Å²) in [4.78, 5) is 11.2. The van der Waals surface area contributed by atoms with E-state index in [1.165, 1.54) is 12.1 Å². The van der Waals surface area contributed by atoms with Crippen molar-refractivity contribution in [2.75, 3.05) is 6.61 Å². The number of alkyl halides is 2. The first-order valence-electron chi connectivity index (χ1n) is 5.41. The lowest BCUT2D eigenvalue weighted by Gasteiger charge is -2.08. The van der Waals surface area contributed by atoms with Gasteiger partial charge in [0, 0.05) is 10.9 Å². The zero-order valence-corrected chi connectivity index (χ0v) is 11.4. The molecule has 0 unspecified atom stereocenters. The van der Waals surface area contributed by atoms with Crippen molar-refractivity contribution in [3.05, 3.63) is 28.2 Å². The van der Waals surface area contributed by atoms with E-state index >= 15 is 0 Å². The van der Waals surface area contributed by atoms with E-state index in [0.717, 1.165) is 10.0 Å². The van der Waals surface area contributed by atoms with Gasteiger partial charge in [-0.15, -0.1) is 0 Å². The molecule has 0 bridgehead atoms. The molecule has 0 saturated heterocycles. The van der Waals surface area contributed by atoms with Crippen LogP contribution in [-0.2, 0) is 16.0 Å². The van der Waals surface area contributed by atoms with Crippen LogP contribution >= 0.6 is 15.9 Å². The lowest BCUT2D eigenvalue weighted by molar-refractivity contribution is -0.143. The highest BCUT2D eigenvalue weighted by Crippen LogP contribution is 2.25. The summed E-state index contributed by atoms with van der Waals surface area (Å²) in [5.74, 6) is -0.239. The molecule has 1 rings (SSSR count). The lowest BCUT2D eigenvalue weighted by Crippen LogP contribution is -2.06. The fourth-order valence-corrected chi connectivity index (χ4v) is 1.83. The summed E-state index contributed by atoms with van der Waals surface area (Å²) in [5.41, 5.74) is 0.723. The number of halogens is 3. The molecule has 0 N–H and O–H groups in total. The monoisotopic (exact) mass is 322 g/mol. The third-order valence-electron chi connectivity index (χ3n) is 2.15. The summed E-state index contributed by atoms with van der Waals surface area (Å²) in [6, 6.07) is 4.53. The van der Waals surface area contributed by atoms with E-state index in [1.807, 2.05) is 0 Å². The second kappa shape index (κ2) is 7.31. The van der Waals surface area contributed by atoms with Gasteiger partial charge in [0.2, 0.25) is 0 Å². The molecule has 0 fully saturated rings. The fraction of sp³-hybridized carbons (Fsp3) is 0.417. The Morgan fingerprint density at radius 2 is 2.17 bits per heavy atom. The summed E-state index contributed by atoms with van der Waals surface area (Å²) in [5, 5.41) is 0. The Hall–Kier alpha value is -1.17. The molecule has 1 aromatic carbocycles. The maximum atomic E-state index is 12.1. The first-order chi connectivity index (χ1) is 8.52. The van der Waals surface area contributed by atoms with Crippen LogP contribution in [0.1, 0.15) is 18.9 Å². The lowest BCUT2D eigenvalue weighted by atomic mass is 10.1. The van der Waals surface area contributed by atoms with Gasteiger partial charge in [-0.05, 0) is 37.1 Å². The van der Waals surface area contributed by atoms with Crippen LogP contribution in [0, 0.1) is 0 Å². The molecule has 0 amide bonds. The van der Waals surface area contributed by atoms with Gasteiger partial charge in [0.15, 0.2) is 0 Å². The second-order valence-corrected chi connectivity index (χ2v) is 4.29. The molecular formula is C12H13BrF2O3. The minimum absolute atomic E-state index is 0.0760. The van der Waals surface area contributed by atoms with Crippen LogP contribution in [0.15, 0.2) is 22.7 Å². The van der Waals surface area contributed by atoms with Gasteiger partial charge in [-0.25, -0.2) is 0 Å². The molecule has 0 aliphatic heterocycles. The predicted molar refractivity (Wildman–Crippen MR) is 65.7 cm³/mol. The van der Waals surface area contributed by atoms with E-state index in [9.17, 15) is 13.6 Å². The molecule has 0 aliphatic rings. The van der Waals surface area contributed by atoms with E-state index in [1.54, 1.807) is 13.0 Å². The van der Waals surface area contributed by atoms with Crippen LogP contribution in [0.25, 0.3) is 0 Å². The van der Waals surface area contributed by atoms with Crippen molar-refractivity contribution in [2.45, 2.75) is 26.4 Å². The largest absolute Gasteiger partial charge is 0.466 e. The minimum Gasteiger partial charge on any atom is -0.466 e. The SMILES string of the molecule is CCOC(=O)CCc1cc(OC(F)F)ccc1Br. The van der Waals surface area contributed by atoms with E-state index < -0.39 is 6.61 Å². The first kappa shape index (κ1) is 14.9. The van der Waals surface area contributed by atoms with Crippen molar-refractivity contribution in [1.82, 2.24) is 0 Å². The summed E-state index contributed by atoms with van der Waals surface area (Å²) < 4.78 is 33.9. The van der Waals surface area contributed by atoms with Gasteiger partial charge in [-0.3, -0.25) is 4.79 Å². The van der Waals surface area contributed by atoms with Gasteiger partial charge >= 0.3 is 12.6 Å². The third kappa shape index (κ3) is 5.00. The average molecular weight is 323 g/mol. The Morgan fingerprint density at radius 1 is 1.44 bits per heavy atom. The Kier molecular flexibility index (Phi) is 6.04. The number of aryl methyl sites for hydroxylation is 1. The Labute approximate surface area is 112 Å². The highest BCUT2D eigenvalue weighted by atomic mass is 79.9. The van der Waals surface area contributed by atoms with Gasteiger partial charge in [0.05, 0.1) is 6.61 Å². The van der Waals surface area contributed by atoms with E-state index in [2.05, 4.69) is 20.7 Å². The van der Waals surface area contributed by atoms with Crippen molar-refractivity contribution < 1.29 is 23.0 Å². The minimum atomic E-state index is -2.86. The first-order valence-corrected chi connectivity index (χ1v) is 6.21. The van der Waals surface area contributed by atoms with Crippen LogP contribution < -0.4 is 4.74 Å². The molecule has 0 radical (unpaired) electrons. The molecule has 0 spiro atoms. The van der Waals surface area contributed by atoms with Gasteiger partial charge in [-0.1, -0.05) is 15.9 Å². The zero-order valence-electron chi connectivity index (χ0n) is 9.79. The molecule has 0 aromatic heterocycles. The number of hydrogen-bond donors (Lipinski definition) is 0. The number of rotatable bonds is 6. The van der Waals surface area contributed by atoms with Crippen molar-refractivity contribution in [3.63, 3.8) is 0 Å². The topological polar surface area (TPSA) is 35.5 Å². The quantitative estimate of drug-likeness (QED) is 0.751. The number of benzene rings is 1. The summed E-state index contributed by atoms with van der Waals surface area (Å²) in [6.07, 6.45) is 0.602. The summed E-state index contributed by atoms with van der Waals surface area (Å²) >= 11 is 3.29. The van der Waals surface area contributed by atoms with Crippen molar-refractivity contribution >= 4 is 21.9 Å². The average Bonchev–Trinajstić information content (AvgIpc) is 2.29. The van der Waals surface area contributed by atoms with Crippen molar-refractivity contribution in [1.29, 1.82) is 0 Å². The number of ether oxygens (including phenoxy) is 2. The standard InChI is InChI=1S/C12H13BrF2O3/c1-2-17-11(16)6-3-8-7-9(18-12(14)15)4-5-10(8)13/h4-5,7,12H,2-3,6H2,1H3. The molecule has 1 aromatic rings. The fourth-order valence-electron chi connectivity index (χ4n) is 1.39. The van der Waals surface area contributed by atoms with Crippen LogP contribution in [0.2, 0.25) is 0 Å².